The number of ether oxygens (including phenoxy) is 3. The fourth-order valence-corrected chi connectivity index (χ4v) is 3.90. The number of nitrogens with zero attached hydrogens (tertiary/aromatic N) is 4. The monoisotopic (exact) mass is 493 g/mol. The Morgan fingerprint density at radius 3 is 3.00 bits per heavy atom. The summed E-state index contributed by atoms with van der Waals surface area (Å²) in [4.78, 5) is 18.3. The van der Waals surface area contributed by atoms with Gasteiger partial charge in [-0.05, 0) is 45.1 Å². The molecular weight excluding hydrogens is 465 g/mol. The van der Waals surface area contributed by atoms with E-state index in [1.807, 2.05) is 33.0 Å². The number of anilines is 1. The number of allylic oxidation sites excluding steroid dienone is 3. The van der Waals surface area contributed by atoms with Gasteiger partial charge >= 0.3 is 6.09 Å². The molecule has 184 valence electrons. The third kappa shape index (κ3) is 6.05. The van der Waals surface area contributed by atoms with E-state index in [4.69, 9.17) is 25.8 Å². The third-order valence-corrected chi connectivity index (χ3v) is 5.62. The smallest absolute Gasteiger partial charge is 0.410 e. The zero-order valence-electron chi connectivity index (χ0n) is 19.4. The molecule has 1 saturated heterocycles. The van der Waals surface area contributed by atoms with Crippen molar-refractivity contribution in [2.24, 2.45) is 0 Å². The normalized spacial score (nSPS) is 23.1. The molecule has 9 nitrogen and oxygen atoms in total. The van der Waals surface area contributed by atoms with Crippen LogP contribution < -0.4 is 5.32 Å². The predicted molar refractivity (Wildman–Crippen MR) is 126 cm³/mol. The Bertz CT molecular complexity index is 1080. The van der Waals surface area contributed by atoms with Gasteiger partial charge < -0.3 is 24.4 Å². The average Bonchev–Trinajstić information content (AvgIpc) is 3.19. The Morgan fingerprint density at radius 2 is 2.24 bits per heavy atom. The van der Waals surface area contributed by atoms with Crippen LogP contribution in [-0.2, 0) is 20.8 Å². The first-order valence-corrected chi connectivity index (χ1v) is 11.6. The first-order valence-electron chi connectivity index (χ1n) is 11.1. The van der Waals surface area contributed by atoms with Crippen LogP contribution >= 0.6 is 11.6 Å². The Morgan fingerprint density at radius 1 is 1.41 bits per heavy atom. The van der Waals surface area contributed by atoms with Gasteiger partial charge in [0, 0.05) is 24.0 Å². The molecule has 2 aromatic heterocycles. The van der Waals surface area contributed by atoms with E-state index >= 15 is 0 Å². The number of nitrogens with one attached hydrogen (secondary N) is 1. The summed E-state index contributed by atoms with van der Waals surface area (Å²) in [5.41, 5.74) is 1.72. The predicted octanol–water partition coefficient (Wildman–Crippen LogP) is 3.69. The fourth-order valence-electron chi connectivity index (χ4n) is 3.68. The summed E-state index contributed by atoms with van der Waals surface area (Å²) >= 11 is 6.02. The molecule has 4 rings (SSSR count). The van der Waals surface area contributed by atoms with Gasteiger partial charge in [0.05, 0.1) is 37.8 Å². The molecule has 3 heterocycles. The number of fused-ring (bicyclic) bond motifs is 1. The molecular formula is C23H29ClFN5O4. The Labute approximate surface area is 202 Å². The molecule has 0 spiro atoms. The van der Waals surface area contributed by atoms with Gasteiger partial charge in [0.15, 0.2) is 5.82 Å². The minimum absolute atomic E-state index is 0.254. The van der Waals surface area contributed by atoms with E-state index in [-0.39, 0.29) is 12.2 Å². The van der Waals surface area contributed by atoms with Gasteiger partial charge in [-0.2, -0.15) is 5.10 Å². The lowest BCUT2D eigenvalue weighted by molar-refractivity contribution is -0.0749. The number of amides is 1. The molecule has 2 aliphatic rings. The molecule has 1 aliphatic heterocycles. The number of carbonyl (C=O) groups is 1. The molecule has 34 heavy (non-hydrogen) atoms. The van der Waals surface area contributed by atoms with Crippen LogP contribution in [0.4, 0.5) is 15.0 Å². The van der Waals surface area contributed by atoms with Crippen LogP contribution in [0.1, 0.15) is 26.3 Å². The van der Waals surface area contributed by atoms with Crippen molar-refractivity contribution in [3.63, 3.8) is 0 Å². The third-order valence-electron chi connectivity index (χ3n) is 5.25. The van der Waals surface area contributed by atoms with E-state index in [0.29, 0.717) is 44.4 Å². The van der Waals surface area contributed by atoms with Crippen molar-refractivity contribution < 1.29 is 23.4 Å². The first kappa shape index (κ1) is 24.4. The van der Waals surface area contributed by atoms with Crippen molar-refractivity contribution in [1.29, 1.82) is 0 Å². The van der Waals surface area contributed by atoms with Crippen molar-refractivity contribution >= 4 is 29.0 Å². The standard InChI is InChI=1S/C23H29ClFN5O4/c1-23(2,3)34-22(31)29-8-9-33-17(11-29)13-32-12-15-6-7-30-20(15)21(26-14-27-30)28-16-4-5-19(25)18(24)10-16/h4-7,10,14,17-19H,8-9,11-13H2,1-3H3,(H,26,27,28)/t17-,18?,19?/m0/s1. The maximum Gasteiger partial charge on any atom is 0.410 e. The summed E-state index contributed by atoms with van der Waals surface area (Å²) in [6, 6.07) is 1.90. The number of rotatable bonds is 6. The molecule has 3 atom stereocenters. The summed E-state index contributed by atoms with van der Waals surface area (Å²) in [6.45, 7) is 7.44. The number of hydrogen-bond acceptors (Lipinski definition) is 7. The minimum Gasteiger partial charge on any atom is -0.444 e. The van der Waals surface area contributed by atoms with Gasteiger partial charge in [-0.15, -0.1) is 11.6 Å². The van der Waals surface area contributed by atoms with Crippen molar-refractivity contribution in [2.75, 3.05) is 31.6 Å². The van der Waals surface area contributed by atoms with Gasteiger partial charge in [-0.1, -0.05) is 0 Å². The highest BCUT2D eigenvalue weighted by atomic mass is 35.5. The van der Waals surface area contributed by atoms with E-state index in [9.17, 15) is 9.18 Å². The summed E-state index contributed by atoms with van der Waals surface area (Å²) in [7, 11) is 0. The Balaban J connectivity index is 1.37. The largest absolute Gasteiger partial charge is 0.444 e. The second-order valence-corrected chi connectivity index (χ2v) is 9.68. The highest BCUT2D eigenvalue weighted by Crippen LogP contribution is 2.25. The van der Waals surface area contributed by atoms with Gasteiger partial charge in [-0.25, -0.2) is 18.7 Å². The minimum atomic E-state index is -1.22. The van der Waals surface area contributed by atoms with Crippen molar-refractivity contribution in [1.82, 2.24) is 19.5 Å². The molecule has 1 aliphatic carbocycles. The molecule has 2 aromatic rings. The number of hydrogen-bond donors (Lipinski definition) is 1. The van der Waals surface area contributed by atoms with Crippen LogP contribution in [0.2, 0.25) is 0 Å². The van der Waals surface area contributed by atoms with E-state index < -0.39 is 17.1 Å². The number of morpholine rings is 1. The van der Waals surface area contributed by atoms with Crippen LogP contribution in [0.3, 0.4) is 0 Å². The first-order chi connectivity index (χ1) is 16.2. The molecule has 1 fully saturated rings. The zero-order chi connectivity index (χ0) is 24.3. The lowest BCUT2D eigenvalue weighted by Crippen LogP contribution is -2.48. The van der Waals surface area contributed by atoms with E-state index in [1.54, 1.807) is 21.6 Å². The number of aromatic nitrogens is 3. The Kier molecular flexibility index (Phi) is 7.39. The maximum absolute atomic E-state index is 13.6. The van der Waals surface area contributed by atoms with Crippen LogP contribution in [0.15, 0.2) is 42.5 Å². The topological polar surface area (TPSA) is 90.2 Å². The van der Waals surface area contributed by atoms with Crippen molar-refractivity contribution in [2.45, 2.75) is 50.6 Å². The van der Waals surface area contributed by atoms with E-state index in [0.717, 1.165) is 11.1 Å². The quantitative estimate of drug-likeness (QED) is 0.614. The van der Waals surface area contributed by atoms with E-state index in [2.05, 4.69) is 15.4 Å². The lowest BCUT2D eigenvalue weighted by atomic mass is 10.1. The second kappa shape index (κ2) is 10.3. The molecule has 0 saturated carbocycles. The Hall–Kier alpha value is -2.69. The molecule has 11 heteroatoms. The summed E-state index contributed by atoms with van der Waals surface area (Å²) in [5.74, 6) is 0.556. The second-order valence-electron chi connectivity index (χ2n) is 9.17. The molecule has 0 aromatic carbocycles. The van der Waals surface area contributed by atoms with Crippen molar-refractivity contribution in [3.05, 3.63) is 48.1 Å². The number of carbonyl (C=O) groups excluding carboxylic acids is 1. The van der Waals surface area contributed by atoms with Gasteiger partial charge in [0.25, 0.3) is 0 Å². The summed E-state index contributed by atoms with van der Waals surface area (Å²) in [5, 5.41) is 6.69. The molecule has 0 radical (unpaired) electrons. The molecule has 1 N–H and O–H groups in total. The van der Waals surface area contributed by atoms with Crippen molar-refractivity contribution in [3.8, 4) is 0 Å². The number of halogens is 2. The van der Waals surface area contributed by atoms with Gasteiger partial charge in [-0.3, -0.25) is 0 Å². The van der Waals surface area contributed by atoms with Crippen LogP contribution in [0.25, 0.3) is 5.52 Å². The number of alkyl halides is 2. The maximum atomic E-state index is 13.6. The molecule has 1 amide bonds. The fraction of sp³-hybridized carbons (Fsp3) is 0.522. The van der Waals surface area contributed by atoms with Crippen LogP contribution in [0.5, 0.6) is 0 Å². The van der Waals surface area contributed by atoms with Gasteiger partial charge in [0.2, 0.25) is 0 Å². The zero-order valence-corrected chi connectivity index (χ0v) is 20.2. The van der Waals surface area contributed by atoms with Crippen LogP contribution in [0, 0.1) is 0 Å². The highest BCUT2D eigenvalue weighted by molar-refractivity contribution is 6.22. The van der Waals surface area contributed by atoms with E-state index in [1.165, 1.54) is 12.4 Å². The summed E-state index contributed by atoms with van der Waals surface area (Å²) < 4.78 is 32.5. The average molecular weight is 494 g/mol. The highest BCUT2D eigenvalue weighted by Gasteiger charge is 2.28. The summed E-state index contributed by atoms with van der Waals surface area (Å²) in [6.07, 6.45) is 6.08. The molecule has 0 bridgehead atoms. The molecule has 2 unspecified atom stereocenters. The lowest BCUT2D eigenvalue weighted by Gasteiger charge is -2.34. The van der Waals surface area contributed by atoms with Crippen LogP contribution in [-0.4, -0.2) is 75.1 Å². The van der Waals surface area contributed by atoms with Gasteiger partial charge in [0.1, 0.15) is 23.6 Å². The SMILES string of the molecule is CC(C)(C)OC(=O)N1CCO[C@H](COCc2ccn3ncnc(NC4=CC(Cl)C(F)C=C4)c23)C1.